The molecular formula is C17H17NO. The highest BCUT2D eigenvalue weighted by molar-refractivity contribution is 5.95. The molecule has 0 spiro atoms. The fraction of sp³-hybridized carbons (Fsp3) is 0.176. The molecule has 2 aromatic carbocycles. The van der Waals surface area contributed by atoms with Gasteiger partial charge in [0.05, 0.1) is 6.04 Å². The molecule has 19 heavy (non-hydrogen) atoms. The molecule has 3 rings (SSSR count). The highest BCUT2D eigenvalue weighted by atomic mass is 16.3. The first-order chi connectivity index (χ1) is 9.29. The van der Waals surface area contributed by atoms with E-state index in [0.717, 1.165) is 17.1 Å². The molecule has 1 atom stereocenters. The maximum absolute atomic E-state index is 5.97. The van der Waals surface area contributed by atoms with Crippen LogP contribution in [0.3, 0.4) is 0 Å². The summed E-state index contributed by atoms with van der Waals surface area (Å²) in [5.41, 5.74) is 1.15. The SMILES string of the molecule is CNC(C)c1ccc(-c2cccc3ccccc23)o1. The Morgan fingerprint density at radius 1 is 0.947 bits per heavy atom. The molecule has 0 aliphatic rings. The molecule has 3 aromatic rings. The van der Waals surface area contributed by atoms with Crippen molar-refractivity contribution in [1.29, 1.82) is 0 Å². The third-order valence-corrected chi connectivity index (χ3v) is 3.54. The minimum Gasteiger partial charge on any atom is -0.459 e. The lowest BCUT2D eigenvalue weighted by atomic mass is 10.0. The molecule has 0 saturated carbocycles. The van der Waals surface area contributed by atoms with E-state index in [2.05, 4.69) is 54.7 Å². The van der Waals surface area contributed by atoms with Crippen LogP contribution < -0.4 is 5.32 Å². The Morgan fingerprint density at radius 2 is 1.74 bits per heavy atom. The Kier molecular flexibility index (Phi) is 3.10. The van der Waals surface area contributed by atoms with Crippen molar-refractivity contribution >= 4 is 10.8 Å². The van der Waals surface area contributed by atoms with E-state index in [1.54, 1.807) is 0 Å². The molecular weight excluding hydrogens is 234 g/mol. The molecule has 1 heterocycles. The average molecular weight is 251 g/mol. The van der Waals surface area contributed by atoms with Gasteiger partial charge in [0.25, 0.3) is 0 Å². The Bertz CT molecular complexity index is 694. The van der Waals surface area contributed by atoms with Crippen LogP contribution >= 0.6 is 0 Å². The first kappa shape index (κ1) is 12.0. The van der Waals surface area contributed by atoms with Crippen LogP contribution in [0.4, 0.5) is 0 Å². The van der Waals surface area contributed by atoms with Gasteiger partial charge >= 0.3 is 0 Å². The summed E-state index contributed by atoms with van der Waals surface area (Å²) in [4.78, 5) is 0. The molecule has 2 heteroatoms. The predicted octanol–water partition coefficient (Wildman–Crippen LogP) is 4.38. The van der Waals surface area contributed by atoms with Crippen molar-refractivity contribution in [2.45, 2.75) is 13.0 Å². The van der Waals surface area contributed by atoms with Gasteiger partial charge in [0.15, 0.2) is 0 Å². The number of benzene rings is 2. The number of hydrogen-bond acceptors (Lipinski definition) is 2. The number of nitrogens with one attached hydrogen (secondary N) is 1. The zero-order chi connectivity index (χ0) is 13.2. The summed E-state index contributed by atoms with van der Waals surface area (Å²) in [6.45, 7) is 2.09. The Labute approximate surface area is 113 Å². The van der Waals surface area contributed by atoms with Gasteiger partial charge < -0.3 is 9.73 Å². The smallest absolute Gasteiger partial charge is 0.134 e. The molecule has 1 N–H and O–H groups in total. The first-order valence-corrected chi connectivity index (χ1v) is 6.54. The fourth-order valence-electron chi connectivity index (χ4n) is 2.31. The molecule has 0 radical (unpaired) electrons. The summed E-state index contributed by atoms with van der Waals surface area (Å²) < 4.78 is 5.97. The molecule has 1 aromatic heterocycles. The van der Waals surface area contributed by atoms with Crippen LogP contribution in [0.1, 0.15) is 18.7 Å². The predicted molar refractivity (Wildman–Crippen MR) is 79.1 cm³/mol. The van der Waals surface area contributed by atoms with Crippen molar-refractivity contribution in [3.05, 3.63) is 60.4 Å². The average Bonchev–Trinajstić information content (AvgIpc) is 2.95. The molecule has 0 aliphatic heterocycles. The highest BCUT2D eigenvalue weighted by Gasteiger charge is 2.11. The summed E-state index contributed by atoms with van der Waals surface area (Å²) in [5, 5.41) is 5.65. The van der Waals surface area contributed by atoms with Crippen LogP contribution in [0, 0.1) is 0 Å². The van der Waals surface area contributed by atoms with Crippen molar-refractivity contribution < 1.29 is 4.42 Å². The van der Waals surface area contributed by atoms with E-state index in [1.807, 2.05) is 19.2 Å². The first-order valence-electron chi connectivity index (χ1n) is 6.54. The van der Waals surface area contributed by atoms with E-state index < -0.39 is 0 Å². The van der Waals surface area contributed by atoms with E-state index in [9.17, 15) is 0 Å². The number of hydrogen-bond donors (Lipinski definition) is 1. The van der Waals surface area contributed by atoms with Crippen molar-refractivity contribution in [2.75, 3.05) is 7.05 Å². The van der Waals surface area contributed by atoms with Gasteiger partial charge in [0.1, 0.15) is 11.5 Å². The van der Waals surface area contributed by atoms with Gasteiger partial charge in [0.2, 0.25) is 0 Å². The molecule has 96 valence electrons. The topological polar surface area (TPSA) is 25.2 Å². The molecule has 2 nitrogen and oxygen atoms in total. The van der Waals surface area contributed by atoms with Crippen molar-refractivity contribution in [2.24, 2.45) is 0 Å². The van der Waals surface area contributed by atoms with E-state index in [4.69, 9.17) is 4.42 Å². The lowest BCUT2D eigenvalue weighted by Crippen LogP contribution is -2.10. The lowest BCUT2D eigenvalue weighted by molar-refractivity contribution is 0.458. The molecule has 0 amide bonds. The minimum absolute atomic E-state index is 0.226. The summed E-state index contributed by atoms with van der Waals surface area (Å²) in [6, 6.07) is 19.0. The van der Waals surface area contributed by atoms with E-state index >= 15 is 0 Å². The number of fused-ring (bicyclic) bond motifs is 1. The second-order valence-corrected chi connectivity index (χ2v) is 4.74. The maximum Gasteiger partial charge on any atom is 0.134 e. The summed E-state index contributed by atoms with van der Waals surface area (Å²) in [5.74, 6) is 1.89. The number of rotatable bonds is 3. The summed E-state index contributed by atoms with van der Waals surface area (Å²) in [6.07, 6.45) is 0. The van der Waals surface area contributed by atoms with Crippen LogP contribution in [-0.4, -0.2) is 7.05 Å². The largest absolute Gasteiger partial charge is 0.459 e. The van der Waals surface area contributed by atoms with Crippen LogP contribution in [-0.2, 0) is 0 Å². The van der Waals surface area contributed by atoms with Crippen molar-refractivity contribution in [1.82, 2.24) is 5.32 Å². The number of furan rings is 1. The second-order valence-electron chi connectivity index (χ2n) is 4.74. The van der Waals surface area contributed by atoms with E-state index in [-0.39, 0.29) is 6.04 Å². The fourth-order valence-corrected chi connectivity index (χ4v) is 2.31. The van der Waals surface area contributed by atoms with E-state index in [1.165, 1.54) is 10.8 Å². The Balaban J connectivity index is 2.12. The monoisotopic (exact) mass is 251 g/mol. The normalized spacial score (nSPS) is 12.7. The quantitative estimate of drug-likeness (QED) is 0.747. The molecule has 0 saturated heterocycles. The lowest BCUT2D eigenvalue weighted by Gasteiger charge is -2.07. The van der Waals surface area contributed by atoms with E-state index in [0.29, 0.717) is 0 Å². The van der Waals surface area contributed by atoms with Gasteiger partial charge in [-0.05, 0) is 36.9 Å². The van der Waals surface area contributed by atoms with Gasteiger partial charge in [-0.2, -0.15) is 0 Å². The maximum atomic E-state index is 5.97. The van der Waals surface area contributed by atoms with Crippen LogP contribution in [0.5, 0.6) is 0 Å². The summed E-state index contributed by atoms with van der Waals surface area (Å²) >= 11 is 0. The van der Waals surface area contributed by atoms with Crippen molar-refractivity contribution in [3.8, 4) is 11.3 Å². The molecule has 1 unspecified atom stereocenters. The Hall–Kier alpha value is -2.06. The van der Waals surface area contributed by atoms with Crippen LogP contribution in [0.15, 0.2) is 59.0 Å². The highest BCUT2D eigenvalue weighted by Crippen LogP contribution is 2.31. The van der Waals surface area contributed by atoms with Crippen LogP contribution in [0.25, 0.3) is 22.1 Å². The molecule has 0 bridgehead atoms. The zero-order valence-electron chi connectivity index (χ0n) is 11.2. The third-order valence-electron chi connectivity index (χ3n) is 3.54. The Morgan fingerprint density at radius 3 is 2.58 bits per heavy atom. The van der Waals surface area contributed by atoms with Crippen LogP contribution in [0.2, 0.25) is 0 Å². The van der Waals surface area contributed by atoms with Gasteiger partial charge in [0, 0.05) is 5.56 Å². The van der Waals surface area contributed by atoms with Crippen molar-refractivity contribution in [3.63, 3.8) is 0 Å². The molecule has 0 aliphatic carbocycles. The van der Waals surface area contributed by atoms with Gasteiger partial charge in [-0.1, -0.05) is 42.5 Å². The second kappa shape index (κ2) is 4.90. The molecule has 0 fully saturated rings. The third kappa shape index (κ3) is 2.15. The van der Waals surface area contributed by atoms with Gasteiger partial charge in [-0.15, -0.1) is 0 Å². The minimum atomic E-state index is 0.226. The van der Waals surface area contributed by atoms with Gasteiger partial charge in [-0.3, -0.25) is 0 Å². The standard InChI is InChI=1S/C17H17NO/c1-12(18-2)16-10-11-17(19-16)15-9-5-7-13-6-3-4-8-14(13)15/h3-12,18H,1-2H3. The van der Waals surface area contributed by atoms with Gasteiger partial charge in [-0.25, -0.2) is 0 Å². The zero-order valence-corrected chi connectivity index (χ0v) is 11.2. The summed E-state index contributed by atoms with van der Waals surface area (Å²) in [7, 11) is 1.94.